The van der Waals surface area contributed by atoms with Crippen molar-refractivity contribution < 1.29 is 4.92 Å². The van der Waals surface area contributed by atoms with Crippen LogP contribution in [0.15, 0.2) is 82.4 Å². The van der Waals surface area contributed by atoms with E-state index in [1.54, 1.807) is 26.0 Å². The molecule has 0 unspecified atom stereocenters. The molecule has 2 aromatic heterocycles. The molecule has 192 valence electrons. The lowest BCUT2D eigenvalue weighted by molar-refractivity contribution is -0.384. The number of benzene rings is 3. The quantitative estimate of drug-likeness (QED) is 0.248. The molecule has 38 heavy (non-hydrogen) atoms. The molecule has 0 aliphatic heterocycles. The molecule has 5 rings (SSSR count). The third-order valence-electron chi connectivity index (χ3n) is 6.81. The molecule has 0 bridgehead atoms. The van der Waals surface area contributed by atoms with Crippen LogP contribution in [0.2, 0.25) is 0 Å². The summed E-state index contributed by atoms with van der Waals surface area (Å²) in [5.74, 6) is -0.846. The molecule has 0 aliphatic rings. The van der Waals surface area contributed by atoms with Crippen LogP contribution in [0.25, 0.3) is 11.4 Å². The van der Waals surface area contributed by atoms with E-state index in [-0.39, 0.29) is 16.8 Å². The molecule has 0 amide bonds. The van der Waals surface area contributed by atoms with E-state index >= 15 is 0 Å². The molecule has 0 saturated heterocycles. The van der Waals surface area contributed by atoms with Crippen molar-refractivity contribution in [3.05, 3.63) is 143 Å². The van der Waals surface area contributed by atoms with E-state index in [1.807, 2.05) is 62.4 Å². The molecule has 9 nitrogen and oxygen atoms in total. The van der Waals surface area contributed by atoms with Crippen molar-refractivity contribution in [2.75, 3.05) is 0 Å². The SMILES string of the molecule is Cc1ccc(-n2[nH]c(C)c(C(c3cccc([N+](=O)[O-])c3)c3c(C)[nH]n(-c4ccc(C)cc4)c3=O)c2=O)cc1. The monoisotopic (exact) mass is 509 g/mol. The Balaban J connectivity index is 1.77. The standard InChI is InChI=1S/C29H27N5O4/c1-17-8-12-22(13-9-17)32-28(35)25(19(3)30-32)27(21-6-5-7-24(16-21)34(37)38)26-20(4)31-33(29(26)36)23-14-10-18(2)11-15-23/h5-16,27,30-31H,1-4H3. The van der Waals surface area contributed by atoms with Gasteiger partial charge in [-0.25, -0.2) is 9.36 Å². The summed E-state index contributed by atoms with van der Waals surface area (Å²) in [6, 6.07) is 21.1. The molecule has 2 heterocycles. The minimum absolute atomic E-state index is 0.119. The highest BCUT2D eigenvalue weighted by Crippen LogP contribution is 2.33. The Morgan fingerprint density at radius 3 is 1.58 bits per heavy atom. The van der Waals surface area contributed by atoms with Gasteiger partial charge in [0, 0.05) is 29.4 Å². The van der Waals surface area contributed by atoms with E-state index in [1.165, 1.54) is 21.5 Å². The van der Waals surface area contributed by atoms with Gasteiger partial charge in [-0.05, 0) is 57.5 Å². The number of aromatic nitrogens is 4. The van der Waals surface area contributed by atoms with Gasteiger partial charge >= 0.3 is 0 Å². The van der Waals surface area contributed by atoms with Crippen LogP contribution < -0.4 is 11.1 Å². The number of nitro benzene ring substituents is 1. The summed E-state index contributed by atoms with van der Waals surface area (Å²) in [4.78, 5) is 38.9. The predicted molar refractivity (Wildman–Crippen MR) is 146 cm³/mol. The molecule has 0 aliphatic carbocycles. The number of nitro groups is 1. The Hall–Kier alpha value is -4.92. The summed E-state index contributed by atoms with van der Waals surface area (Å²) in [5, 5.41) is 17.9. The van der Waals surface area contributed by atoms with Gasteiger partial charge in [-0.15, -0.1) is 0 Å². The van der Waals surface area contributed by atoms with Gasteiger partial charge in [-0.2, -0.15) is 0 Å². The second-order valence-electron chi connectivity index (χ2n) is 9.54. The van der Waals surface area contributed by atoms with Crippen LogP contribution in [-0.2, 0) is 0 Å². The molecule has 0 radical (unpaired) electrons. The molecule has 0 saturated carbocycles. The molecule has 5 aromatic rings. The summed E-state index contributed by atoms with van der Waals surface area (Å²) in [7, 11) is 0. The van der Waals surface area contributed by atoms with Crippen molar-refractivity contribution in [3.63, 3.8) is 0 Å². The van der Waals surface area contributed by atoms with E-state index in [2.05, 4.69) is 10.2 Å². The van der Waals surface area contributed by atoms with Crippen molar-refractivity contribution >= 4 is 5.69 Å². The molecule has 3 aromatic carbocycles. The fraction of sp³-hybridized carbons (Fsp3) is 0.172. The molecule has 0 spiro atoms. The summed E-state index contributed by atoms with van der Waals surface area (Å²) in [6.45, 7) is 7.46. The van der Waals surface area contributed by atoms with Crippen molar-refractivity contribution in [1.29, 1.82) is 0 Å². The Morgan fingerprint density at radius 1 is 0.711 bits per heavy atom. The number of aromatic amines is 2. The Morgan fingerprint density at radius 2 is 1.16 bits per heavy atom. The van der Waals surface area contributed by atoms with Crippen molar-refractivity contribution in [2.24, 2.45) is 0 Å². The first-order valence-electron chi connectivity index (χ1n) is 12.2. The lowest BCUT2D eigenvalue weighted by Gasteiger charge is -2.15. The van der Waals surface area contributed by atoms with Gasteiger partial charge in [0.2, 0.25) is 0 Å². The van der Waals surface area contributed by atoms with Gasteiger partial charge in [-0.3, -0.25) is 29.9 Å². The van der Waals surface area contributed by atoms with Crippen LogP contribution in [0.3, 0.4) is 0 Å². The van der Waals surface area contributed by atoms with Gasteiger partial charge in [-0.1, -0.05) is 47.5 Å². The second-order valence-corrected chi connectivity index (χ2v) is 9.54. The van der Waals surface area contributed by atoms with Crippen LogP contribution in [0.1, 0.15) is 45.1 Å². The fourth-order valence-corrected chi connectivity index (χ4v) is 4.85. The van der Waals surface area contributed by atoms with E-state index in [9.17, 15) is 19.7 Å². The van der Waals surface area contributed by atoms with E-state index in [0.29, 0.717) is 39.5 Å². The van der Waals surface area contributed by atoms with E-state index < -0.39 is 10.8 Å². The van der Waals surface area contributed by atoms with Gasteiger partial charge in [0.05, 0.1) is 27.4 Å². The van der Waals surface area contributed by atoms with Crippen molar-refractivity contribution in [3.8, 4) is 11.4 Å². The topological polar surface area (TPSA) is 119 Å². The lowest BCUT2D eigenvalue weighted by atomic mass is 9.85. The van der Waals surface area contributed by atoms with Crippen LogP contribution in [0, 0.1) is 37.8 Å². The maximum atomic E-state index is 13.9. The minimum atomic E-state index is -0.846. The zero-order chi connectivity index (χ0) is 27.1. The first-order chi connectivity index (χ1) is 18.2. The zero-order valence-electron chi connectivity index (χ0n) is 21.5. The summed E-state index contributed by atoms with van der Waals surface area (Å²) in [6.07, 6.45) is 0. The summed E-state index contributed by atoms with van der Waals surface area (Å²) >= 11 is 0. The number of nitrogens with one attached hydrogen (secondary N) is 2. The maximum Gasteiger partial charge on any atom is 0.275 e. The molecular formula is C29H27N5O4. The maximum absolute atomic E-state index is 13.9. The first-order valence-corrected chi connectivity index (χ1v) is 12.2. The molecule has 9 heteroatoms. The Labute approximate surface area is 218 Å². The largest absolute Gasteiger partial charge is 0.295 e. The van der Waals surface area contributed by atoms with Gasteiger partial charge in [0.25, 0.3) is 16.8 Å². The summed E-state index contributed by atoms with van der Waals surface area (Å²) in [5.41, 5.74) is 4.93. The Bertz CT molecular complexity index is 1670. The number of hydrogen-bond acceptors (Lipinski definition) is 4. The molecule has 0 fully saturated rings. The van der Waals surface area contributed by atoms with Crippen LogP contribution in [0.5, 0.6) is 0 Å². The first kappa shape index (κ1) is 24.8. The highest BCUT2D eigenvalue weighted by Gasteiger charge is 2.31. The number of hydrogen-bond donors (Lipinski definition) is 2. The normalized spacial score (nSPS) is 11.3. The lowest BCUT2D eigenvalue weighted by Crippen LogP contribution is -2.25. The number of rotatable bonds is 6. The van der Waals surface area contributed by atoms with Gasteiger partial charge < -0.3 is 0 Å². The van der Waals surface area contributed by atoms with Gasteiger partial charge in [0.1, 0.15) is 0 Å². The number of non-ortho nitro benzene ring substituents is 1. The average molecular weight is 510 g/mol. The highest BCUT2D eigenvalue weighted by molar-refractivity contribution is 5.50. The van der Waals surface area contributed by atoms with Crippen LogP contribution in [-0.4, -0.2) is 24.5 Å². The van der Waals surface area contributed by atoms with Crippen LogP contribution in [0.4, 0.5) is 5.69 Å². The second kappa shape index (κ2) is 9.51. The average Bonchev–Trinajstić information content (AvgIpc) is 3.36. The third kappa shape index (κ3) is 4.28. The van der Waals surface area contributed by atoms with E-state index in [4.69, 9.17) is 0 Å². The number of H-pyrrole nitrogens is 2. The number of aryl methyl sites for hydroxylation is 4. The van der Waals surface area contributed by atoms with Crippen molar-refractivity contribution in [2.45, 2.75) is 33.6 Å². The predicted octanol–water partition coefficient (Wildman–Crippen LogP) is 4.97. The number of nitrogens with zero attached hydrogens (tertiary/aromatic N) is 3. The smallest absolute Gasteiger partial charge is 0.275 e. The molecule has 2 N–H and O–H groups in total. The third-order valence-corrected chi connectivity index (χ3v) is 6.81. The van der Waals surface area contributed by atoms with Crippen LogP contribution >= 0.6 is 0 Å². The van der Waals surface area contributed by atoms with Crippen molar-refractivity contribution in [1.82, 2.24) is 19.6 Å². The zero-order valence-corrected chi connectivity index (χ0v) is 21.5. The molecular weight excluding hydrogens is 482 g/mol. The molecule has 0 atom stereocenters. The minimum Gasteiger partial charge on any atom is -0.295 e. The Kier molecular flexibility index (Phi) is 6.20. The van der Waals surface area contributed by atoms with E-state index in [0.717, 1.165) is 11.1 Å². The van der Waals surface area contributed by atoms with Gasteiger partial charge in [0.15, 0.2) is 0 Å². The fourth-order valence-electron chi connectivity index (χ4n) is 4.85. The summed E-state index contributed by atoms with van der Waals surface area (Å²) < 4.78 is 2.88. The highest BCUT2D eigenvalue weighted by atomic mass is 16.6.